The van der Waals surface area contributed by atoms with Crippen LogP contribution in [0, 0.1) is 0 Å². The quantitative estimate of drug-likeness (QED) is 0.801. The molecule has 0 saturated carbocycles. The van der Waals surface area contributed by atoms with E-state index >= 15 is 0 Å². The number of amides is 2. The van der Waals surface area contributed by atoms with Gasteiger partial charge in [0, 0.05) is 45.6 Å². The molecule has 0 spiro atoms. The molecule has 4 heterocycles. The first-order valence-electron chi connectivity index (χ1n) is 9.65. The Morgan fingerprint density at radius 3 is 2.88 bits per heavy atom. The summed E-state index contributed by atoms with van der Waals surface area (Å²) in [6.07, 6.45) is 2.72. The Morgan fingerprint density at radius 1 is 1.23 bits per heavy atom. The number of aromatic nitrogens is 2. The number of nitrogens with one attached hydrogen (secondary N) is 1. The Kier molecular flexibility index (Phi) is 5.21. The summed E-state index contributed by atoms with van der Waals surface area (Å²) in [5, 5.41) is 7.92. The van der Waals surface area contributed by atoms with Gasteiger partial charge in [-0.2, -0.15) is 5.10 Å². The maximum atomic E-state index is 12.8. The van der Waals surface area contributed by atoms with Crippen LogP contribution in [0.15, 0.2) is 6.07 Å². The number of carbonyl (C=O) groups excluding carboxylic acids is 2. The average Bonchev–Trinajstić information content (AvgIpc) is 3.33. The van der Waals surface area contributed by atoms with E-state index in [1.165, 1.54) is 5.69 Å². The Balaban J connectivity index is 1.34. The SMILES string of the molecule is O=C([C@@H]1CCCN1C(=O)CCc1cc2n(n1)CCNC2)N1CCOCC1. The van der Waals surface area contributed by atoms with E-state index in [-0.39, 0.29) is 17.9 Å². The molecule has 2 amide bonds. The van der Waals surface area contributed by atoms with Crippen LogP contribution in [0.5, 0.6) is 0 Å². The topological polar surface area (TPSA) is 79.7 Å². The first kappa shape index (κ1) is 17.5. The molecule has 0 aliphatic carbocycles. The van der Waals surface area contributed by atoms with Crippen molar-refractivity contribution in [1.29, 1.82) is 0 Å². The minimum Gasteiger partial charge on any atom is -0.378 e. The predicted molar refractivity (Wildman–Crippen MR) is 94.4 cm³/mol. The first-order chi connectivity index (χ1) is 12.7. The average molecular weight is 361 g/mol. The molecule has 3 aliphatic rings. The second-order valence-electron chi connectivity index (χ2n) is 7.21. The normalized spacial score (nSPS) is 23.2. The zero-order valence-electron chi connectivity index (χ0n) is 15.2. The molecule has 1 atom stereocenters. The second-order valence-corrected chi connectivity index (χ2v) is 7.21. The summed E-state index contributed by atoms with van der Waals surface area (Å²) in [5.74, 6) is 0.154. The second kappa shape index (κ2) is 7.75. The molecule has 0 radical (unpaired) electrons. The highest BCUT2D eigenvalue weighted by Gasteiger charge is 2.36. The maximum Gasteiger partial charge on any atom is 0.245 e. The van der Waals surface area contributed by atoms with Gasteiger partial charge in [-0.15, -0.1) is 0 Å². The van der Waals surface area contributed by atoms with Gasteiger partial charge in [0.1, 0.15) is 6.04 Å². The van der Waals surface area contributed by atoms with Gasteiger partial charge in [0.15, 0.2) is 0 Å². The summed E-state index contributed by atoms with van der Waals surface area (Å²) < 4.78 is 7.35. The standard InChI is InChI=1S/C18H27N5O3/c24-17(4-3-14-12-15-13-19-5-7-23(15)20-14)22-6-1-2-16(22)18(25)21-8-10-26-11-9-21/h12,16,19H,1-11,13H2/t16-/m0/s1. The monoisotopic (exact) mass is 361 g/mol. The Hall–Kier alpha value is -1.93. The van der Waals surface area contributed by atoms with Gasteiger partial charge in [0.2, 0.25) is 11.8 Å². The molecule has 142 valence electrons. The lowest BCUT2D eigenvalue weighted by molar-refractivity contribution is -0.146. The zero-order valence-corrected chi connectivity index (χ0v) is 15.2. The van der Waals surface area contributed by atoms with E-state index in [9.17, 15) is 9.59 Å². The van der Waals surface area contributed by atoms with Gasteiger partial charge in [-0.1, -0.05) is 0 Å². The fraction of sp³-hybridized carbons (Fsp3) is 0.722. The Bertz CT molecular complexity index is 644. The maximum absolute atomic E-state index is 12.8. The lowest BCUT2D eigenvalue weighted by atomic mass is 10.1. The van der Waals surface area contributed by atoms with Crippen LogP contribution < -0.4 is 5.32 Å². The van der Waals surface area contributed by atoms with Crippen molar-refractivity contribution in [3.63, 3.8) is 0 Å². The number of aryl methyl sites for hydroxylation is 1. The third-order valence-electron chi connectivity index (χ3n) is 5.50. The van der Waals surface area contributed by atoms with Crippen LogP contribution >= 0.6 is 0 Å². The van der Waals surface area contributed by atoms with E-state index < -0.39 is 0 Å². The van der Waals surface area contributed by atoms with Gasteiger partial charge >= 0.3 is 0 Å². The minimum absolute atomic E-state index is 0.0678. The van der Waals surface area contributed by atoms with Crippen LogP contribution in [0.3, 0.4) is 0 Å². The van der Waals surface area contributed by atoms with Gasteiger partial charge < -0.3 is 19.9 Å². The molecule has 1 aromatic rings. The fourth-order valence-corrected chi connectivity index (χ4v) is 4.07. The highest BCUT2D eigenvalue weighted by molar-refractivity contribution is 5.88. The summed E-state index contributed by atoms with van der Waals surface area (Å²) in [7, 11) is 0. The number of hydrogen-bond acceptors (Lipinski definition) is 5. The molecule has 2 fully saturated rings. The molecule has 3 aliphatic heterocycles. The number of carbonyl (C=O) groups is 2. The summed E-state index contributed by atoms with van der Waals surface area (Å²) in [4.78, 5) is 29.1. The summed E-state index contributed by atoms with van der Waals surface area (Å²) >= 11 is 0. The number of likely N-dealkylation sites (tertiary alicyclic amines) is 1. The van der Waals surface area contributed by atoms with Crippen LogP contribution in [0.1, 0.15) is 30.7 Å². The number of morpholine rings is 1. The summed E-state index contributed by atoms with van der Waals surface area (Å²) in [5.41, 5.74) is 2.15. The van der Waals surface area contributed by atoms with Gasteiger partial charge in [0.05, 0.1) is 31.1 Å². The zero-order chi connectivity index (χ0) is 17.9. The number of nitrogens with zero attached hydrogens (tertiary/aromatic N) is 4. The van der Waals surface area contributed by atoms with Crippen molar-refractivity contribution in [2.45, 2.75) is 44.8 Å². The van der Waals surface area contributed by atoms with Crippen molar-refractivity contribution in [3.8, 4) is 0 Å². The third kappa shape index (κ3) is 3.61. The molecule has 0 unspecified atom stereocenters. The van der Waals surface area contributed by atoms with E-state index in [4.69, 9.17) is 4.74 Å². The lowest BCUT2D eigenvalue weighted by Crippen LogP contribution is -2.51. The number of rotatable bonds is 4. The number of ether oxygens (including phenoxy) is 1. The van der Waals surface area contributed by atoms with Crippen LogP contribution in [0.2, 0.25) is 0 Å². The van der Waals surface area contributed by atoms with E-state index in [2.05, 4.69) is 16.5 Å². The fourth-order valence-electron chi connectivity index (χ4n) is 4.07. The van der Waals surface area contributed by atoms with Crippen molar-refractivity contribution in [2.75, 3.05) is 39.4 Å². The van der Waals surface area contributed by atoms with Gasteiger partial charge in [-0.25, -0.2) is 0 Å². The predicted octanol–water partition coefficient (Wildman–Crippen LogP) is -0.231. The summed E-state index contributed by atoms with van der Waals surface area (Å²) in [6, 6.07) is 1.79. The van der Waals surface area contributed by atoms with Crippen LogP contribution in [0.25, 0.3) is 0 Å². The smallest absolute Gasteiger partial charge is 0.245 e. The molecule has 1 aromatic heterocycles. The van der Waals surface area contributed by atoms with Crippen molar-refractivity contribution < 1.29 is 14.3 Å². The van der Waals surface area contributed by atoms with Crippen LogP contribution in [0.4, 0.5) is 0 Å². The Labute approximate surface area is 153 Å². The Morgan fingerprint density at radius 2 is 2.08 bits per heavy atom. The highest BCUT2D eigenvalue weighted by atomic mass is 16.5. The lowest BCUT2D eigenvalue weighted by Gasteiger charge is -2.32. The highest BCUT2D eigenvalue weighted by Crippen LogP contribution is 2.21. The van der Waals surface area contributed by atoms with Gasteiger partial charge in [0.25, 0.3) is 0 Å². The molecular formula is C18H27N5O3. The molecule has 8 heteroatoms. The van der Waals surface area contributed by atoms with Crippen molar-refractivity contribution in [3.05, 3.63) is 17.5 Å². The molecule has 1 N–H and O–H groups in total. The van der Waals surface area contributed by atoms with Gasteiger partial charge in [-0.3, -0.25) is 14.3 Å². The molecular weight excluding hydrogens is 334 g/mol. The van der Waals surface area contributed by atoms with Crippen molar-refractivity contribution in [1.82, 2.24) is 24.9 Å². The third-order valence-corrected chi connectivity index (χ3v) is 5.50. The first-order valence-corrected chi connectivity index (χ1v) is 9.65. The molecule has 26 heavy (non-hydrogen) atoms. The van der Waals surface area contributed by atoms with E-state index in [0.717, 1.165) is 38.2 Å². The van der Waals surface area contributed by atoms with Gasteiger partial charge in [-0.05, 0) is 18.9 Å². The van der Waals surface area contributed by atoms with Crippen molar-refractivity contribution >= 4 is 11.8 Å². The van der Waals surface area contributed by atoms with E-state index in [1.54, 1.807) is 4.90 Å². The van der Waals surface area contributed by atoms with E-state index in [1.807, 2.05) is 9.58 Å². The minimum atomic E-state index is -0.292. The number of fused-ring (bicyclic) bond motifs is 1. The van der Waals surface area contributed by atoms with Crippen molar-refractivity contribution in [2.24, 2.45) is 0 Å². The van der Waals surface area contributed by atoms with E-state index in [0.29, 0.717) is 45.7 Å². The number of hydrogen-bond donors (Lipinski definition) is 1. The molecule has 0 aromatic carbocycles. The molecule has 8 nitrogen and oxygen atoms in total. The summed E-state index contributed by atoms with van der Waals surface area (Å²) in [6.45, 7) is 5.78. The molecule has 4 rings (SSSR count). The molecule has 0 bridgehead atoms. The molecule has 2 saturated heterocycles. The largest absolute Gasteiger partial charge is 0.378 e. The van der Waals surface area contributed by atoms with Crippen LogP contribution in [-0.2, 0) is 33.8 Å². The van der Waals surface area contributed by atoms with Crippen LogP contribution in [-0.4, -0.2) is 76.8 Å².